The minimum absolute atomic E-state index is 0.0416. The molecular weight excluding hydrogens is 465 g/mol. The third kappa shape index (κ3) is 7.57. The van der Waals surface area contributed by atoms with Gasteiger partial charge in [0.25, 0.3) is 0 Å². The average molecular weight is 494 g/mol. The van der Waals surface area contributed by atoms with Crippen LogP contribution in [0.2, 0.25) is 5.15 Å². The SMILES string of the molecule is CC1CN(c2cc(Cl)nc(SCC(=O)Nc3ccc(F)cc3)n2)CCN1C(=O)CC(C)(C)C. The van der Waals surface area contributed by atoms with Gasteiger partial charge >= 0.3 is 0 Å². The molecule has 1 aromatic heterocycles. The standard InChI is InChI=1S/C23H29ClFN5O2S/c1-15-13-29(9-10-30(15)21(32)12-23(2,3)4)19-11-18(24)27-22(28-19)33-14-20(31)26-17-7-5-16(25)6-8-17/h5-8,11,15H,9-10,12-14H2,1-4H3,(H,26,31). The Bertz CT molecular complexity index is 999. The van der Waals surface area contributed by atoms with Crippen molar-refractivity contribution < 1.29 is 14.0 Å². The Hall–Kier alpha value is -2.39. The first-order valence-corrected chi connectivity index (χ1v) is 12.1. The third-order valence-corrected chi connectivity index (χ3v) is 6.12. The van der Waals surface area contributed by atoms with Crippen molar-refractivity contribution in [3.63, 3.8) is 0 Å². The van der Waals surface area contributed by atoms with E-state index < -0.39 is 0 Å². The summed E-state index contributed by atoms with van der Waals surface area (Å²) in [5.74, 6) is 0.306. The lowest BCUT2D eigenvalue weighted by molar-refractivity contribution is -0.135. The molecule has 1 aliphatic heterocycles. The minimum atomic E-state index is -0.365. The first-order chi connectivity index (χ1) is 15.5. The van der Waals surface area contributed by atoms with Crippen LogP contribution in [0.3, 0.4) is 0 Å². The molecule has 1 saturated heterocycles. The molecule has 1 aliphatic rings. The highest BCUT2D eigenvalue weighted by Gasteiger charge is 2.30. The van der Waals surface area contributed by atoms with Crippen molar-refractivity contribution in [2.24, 2.45) is 5.41 Å². The predicted molar refractivity (Wildman–Crippen MR) is 130 cm³/mol. The molecule has 10 heteroatoms. The van der Waals surface area contributed by atoms with Gasteiger partial charge in [-0.3, -0.25) is 9.59 Å². The van der Waals surface area contributed by atoms with Crippen molar-refractivity contribution in [3.05, 3.63) is 41.3 Å². The van der Waals surface area contributed by atoms with E-state index in [9.17, 15) is 14.0 Å². The van der Waals surface area contributed by atoms with Gasteiger partial charge in [0.1, 0.15) is 16.8 Å². The molecule has 1 N–H and O–H groups in total. The number of aromatic nitrogens is 2. The van der Waals surface area contributed by atoms with Gasteiger partial charge in [0.15, 0.2) is 5.16 Å². The van der Waals surface area contributed by atoms with Gasteiger partial charge in [-0.1, -0.05) is 44.1 Å². The number of benzene rings is 1. The molecule has 7 nitrogen and oxygen atoms in total. The first-order valence-electron chi connectivity index (χ1n) is 10.8. The number of carbonyl (C=O) groups excluding carboxylic acids is 2. The van der Waals surface area contributed by atoms with Crippen LogP contribution in [0.4, 0.5) is 15.9 Å². The van der Waals surface area contributed by atoms with Crippen molar-refractivity contribution in [3.8, 4) is 0 Å². The summed E-state index contributed by atoms with van der Waals surface area (Å²) in [6.07, 6.45) is 0.511. The lowest BCUT2D eigenvalue weighted by atomic mass is 9.91. The maximum absolute atomic E-state index is 13.0. The maximum atomic E-state index is 13.0. The fourth-order valence-electron chi connectivity index (χ4n) is 3.56. The highest BCUT2D eigenvalue weighted by atomic mass is 35.5. The van der Waals surface area contributed by atoms with Crippen LogP contribution in [0.5, 0.6) is 0 Å². The molecule has 0 spiro atoms. The molecule has 33 heavy (non-hydrogen) atoms. The maximum Gasteiger partial charge on any atom is 0.234 e. The second kappa shape index (κ2) is 10.7. The van der Waals surface area contributed by atoms with Crippen LogP contribution in [0.15, 0.2) is 35.5 Å². The summed E-state index contributed by atoms with van der Waals surface area (Å²) in [4.78, 5) is 37.7. The number of thioether (sulfide) groups is 1. The normalized spacial score (nSPS) is 16.6. The van der Waals surface area contributed by atoms with E-state index in [1.807, 2.05) is 11.8 Å². The number of rotatable bonds is 6. The van der Waals surface area contributed by atoms with Gasteiger partial charge in [-0.2, -0.15) is 0 Å². The Morgan fingerprint density at radius 1 is 1.21 bits per heavy atom. The summed E-state index contributed by atoms with van der Waals surface area (Å²) in [6, 6.07) is 7.31. The minimum Gasteiger partial charge on any atom is -0.353 e. The molecular formula is C23H29ClFN5O2S. The number of hydrogen-bond donors (Lipinski definition) is 1. The Balaban J connectivity index is 1.59. The van der Waals surface area contributed by atoms with Crippen LogP contribution in [-0.2, 0) is 9.59 Å². The number of piperazine rings is 1. The molecule has 0 bridgehead atoms. The van der Waals surface area contributed by atoms with Crippen LogP contribution in [0.1, 0.15) is 34.1 Å². The number of hydrogen-bond acceptors (Lipinski definition) is 6. The van der Waals surface area contributed by atoms with E-state index in [1.54, 1.807) is 6.07 Å². The second-order valence-electron chi connectivity index (χ2n) is 9.29. The zero-order chi connectivity index (χ0) is 24.2. The second-order valence-corrected chi connectivity index (χ2v) is 10.6. The zero-order valence-corrected chi connectivity index (χ0v) is 20.8. The number of nitrogens with zero attached hydrogens (tertiary/aromatic N) is 4. The summed E-state index contributed by atoms with van der Waals surface area (Å²) in [5, 5.41) is 3.39. The molecule has 0 radical (unpaired) electrons. The topological polar surface area (TPSA) is 78.4 Å². The van der Waals surface area contributed by atoms with E-state index in [2.05, 4.69) is 41.0 Å². The Kier molecular flexibility index (Phi) is 8.18. The molecule has 2 amide bonds. The van der Waals surface area contributed by atoms with E-state index in [0.717, 1.165) is 0 Å². The van der Waals surface area contributed by atoms with Crippen LogP contribution in [0.25, 0.3) is 0 Å². The quantitative estimate of drug-likeness (QED) is 0.363. The fraction of sp³-hybridized carbons (Fsp3) is 0.478. The van der Waals surface area contributed by atoms with Crippen LogP contribution in [0, 0.1) is 11.2 Å². The number of anilines is 2. The van der Waals surface area contributed by atoms with Gasteiger partial charge in [-0.05, 0) is 36.6 Å². The monoisotopic (exact) mass is 493 g/mol. The van der Waals surface area contributed by atoms with Crippen LogP contribution in [-0.4, -0.2) is 58.1 Å². The van der Waals surface area contributed by atoms with E-state index in [-0.39, 0.29) is 34.8 Å². The summed E-state index contributed by atoms with van der Waals surface area (Å²) in [7, 11) is 0. The van der Waals surface area contributed by atoms with Crippen molar-refractivity contribution >= 4 is 46.7 Å². The summed E-state index contributed by atoms with van der Waals surface area (Å²) in [5.41, 5.74) is 0.464. The highest BCUT2D eigenvalue weighted by molar-refractivity contribution is 7.99. The van der Waals surface area contributed by atoms with E-state index in [0.29, 0.717) is 47.9 Å². The third-order valence-electron chi connectivity index (χ3n) is 5.07. The van der Waals surface area contributed by atoms with Gasteiger partial charge in [-0.15, -0.1) is 0 Å². The number of nitrogens with one attached hydrogen (secondary N) is 1. The van der Waals surface area contributed by atoms with E-state index in [4.69, 9.17) is 11.6 Å². The predicted octanol–water partition coefficient (Wildman–Crippen LogP) is 4.47. The molecule has 1 atom stereocenters. The molecule has 2 aromatic rings. The lowest BCUT2D eigenvalue weighted by Crippen LogP contribution is -2.54. The van der Waals surface area contributed by atoms with Crippen molar-refractivity contribution in [1.29, 1.82) is 0 Å². The largest absolute Gasteiger partial charge is 0.353 e. The Morgan fingerprint density at radius 2 is 1.91 bits per heavy atom. The van der Waals surface area contributed by atoms with E-state index in [1.165, 1.54) is 36.0 Å². The molecule has 0 aliphatic carbocycles. The van der Waals surface area contributed by atoms with Gasteiger partial charge in [0, 0.05) is 43.9 Å². The van der Waals surface area contributed by atoms with Crippen LogP contribution >= 0.6 is 23.4 Å². The molecule has 178 valence electrons. The van der Waals surface area contributed by atoms with Gasteiger partial charge < -0.3 is 15.1 Å². The molecule has 1 fully saturated rings. The van der Waals surface area contributed by atoms with Gasteiger partial charge in [0.2, 0.25) is 11.8 Å². The highest BCUT2D eigenvalue weighted by Crippen LogP contribution is 2.26. The zero-order valence-electron chi connectivity index (χ0n) is 19.3. The van der Waals surface area contributed by atoms with Crippen molar-refractivity contribution in [2.45, 2.75) is 45.3 Å². The lowest BCUT2D eigenvalue weighted by Gasteiger charge is -2.41. The van der Waals surface area contributed by atoms with Crippen LogP contribution < -0.4 is 10.2 Å². The summed E-state index contributed by atoms with van der Waals surface area (Å²) < 4.78 is 13.0. The van der Waals surface area contributed by atoms with E-state index >= 15 is 0 Å². The summed E-state index contributed by atoms with van der Waals surface area (Å²) in [6.45, 7) is 10.1. The van der Waals surface area contributed by atoms with Gasteiger partial charge in [0.05, 0.1) is 5.75 Å². The summed E-state index contributed by atoms with van der Waals surface area (Å²) >= 11 is 7.40. The fourth-order valence-corrected chi connectivity index (χ4v) is 4.44. The van der Waals surface area contributed by atoms with Crippen molar-refractivity contribution in [2.75, 3.05) is 35.6 Å². The number of carbonyl (C=O) groups is 2. The van der Waals surface area contributed by atoms with Crippen molar-refractivity contribution in [1.82, 2.24) is 14.9 Å². The molecule has 0 saturated carbocycles. The molecule has 3 rings (SSSR count). The Morgan fingerprint density at radius 3 is 2.55 bits per heavy atom. The average Bonchev–Trinajstić information content (AvgIpc) is 2.72. The van der Waals surface area contributed by atoms with Gasteiger partial charge in [-0.25, -0.2) is 14.4 Å². The molecule has 1 unspecified atom stereocenters. The molecule has 1 aromatic carbocycles. The smallest absolute Gasteiger partial charge is 0.234 e. The molecule has 2 heterocycles. The first kappa shape index (κ1) is 25.2. The Labute approximate surface area is 203 Å². The number of halogens is 2. The number of amides is 2.